The summed E-state index contributed by atoms with van der Waals surface area (Å²) >= 11 is 1.54. The molecule has 31 heavy (non-hydrogen) atoms. The Morgan fingerprint density at radius 1 is 1.23 bits per heavy atom. The van der Waals surface area contributed by atoms with Gasteiger partial charge < -0.3 is 9.88 Å². The Hall–Kier alpha value is -2.87. The highest BCUT2D eigenvalue weighted by atomic mass is 32.2. The van der Waals surface area contributed by atoms with Crippen molar-refractivity contribution in [2.24, 2.45) is 0 Å². The number of aromatic nitrogens is 4. The number of imidazole rings is 1. The molecular weight excluding hydrogens is 410 g/mol. The maximum absolute atomic E-state index is 12.9. The number of hydrogen-bond acceptors (Lipinski definition) is 5. The highest BCUT2D eigenvalue weighted by molar-refractivity contribution is 7.99. The second-order valence-corrected chi connectivity index (χ2v) is 9.22. The second-order valence-electron chi connectivity index (χ2n) is 8.24. The summed E-state index contributed by atoms with van der Waals surface area (Å²) in [7, 11) is 0. The molecule has 1 N–H and O–H groups in total. The molecule has 2 aromatic heterocycles. The predicted molar refractivity (Wildman–Crippen MR) is 122 cm³/mol. The third-order valence-corrected chi connectivity index (χ3v) is 7.23. The topological polar surface area (TPSA) is 81.8 Å². The Morgan fingerprint density at radius 2 is 2.06 bits per heavy atom. The van der Waals surface area contributed by atoms with Gasteiger partial charge in [-0.25, -0.2) is 9.97 Å². The summed E-state index contributed by atoms with van der Waals surface area (Å²) in [6.45, 7) is 4.64. The van der Waals surface area contributed by atoms with Gasteiger partial charge in [-0.3, -0.25) is 14.2 Å². The number of hydrogen-bond donors (Lipinski definition) is 1. The van der Waals surface area contributed by atoms with Gasteiger partial charge in [-0.2, -0.15) is 0 Å². The molecular formula is C23H25N5O2S. The first-order chi connectivity index (χ1) is 15.0. The zero-order chi connectivity index (χ0) is 21.5. The maximum atomic E-state index is 12.9. The molecule has 7 nitrogen and oxygen atoms in total. The molecule has 0 saturated carbocycles. The van der Waals surface area contributed by atoms with Crippen LogP contribution in [0.4, 0.5) is 5.69 Å². The number of anilines is 1. The summed E-state index contributed by atoms with van der Waals surface area (Å²) in [5.74, 6) is 1.67. The highest BCUT2D eigenvalue weighted by Gasteiger charge is 2.29. The van der Waals surface area contributed by atoms with E-state index in [1.807, 2.05) is 31.2 Å². The van der Waals surface area contributed by atoms with E-state index in [9.17, 15) is 9.59 Å². The van der Waals surface area contributed by atoms with Crippen LogP contribution in [-0.2, 0) is 17.8 Å². The van der Waals surface area contributed by atoms with Gasteiger partial charge in [-0.1, -0.05) is 30.0 Å². The van der Waals surface area contributed by atoms with Crippen molar-refractivity contribution in [3.8, 4) is 11.3 Å². The minimum absolute atomic E-state index is 0.0470. The van der Waals surface area contributed by atoms with Crippen molar-refractivity contribution in [2.45, 2.75) is 57.3 Å². The van der Waals surface area contributed by atoms with Crippen LogP contribution in [0.5, 0.6) is 0 Å². The first-order valence-electron chi connectivity index (χ1n) is 10.7. The van der Waals surface area contributed by atoms with E-state index in [4.69, 9.17) is 4.98 Å². The second kappa shape index (κ2) is 8.00. The third-order valence-electron chi connectivity index (χ3n) is 6.13. The molecule has 0 fully saturated rings. The zero-order valence-electron chi connectivity index (χ0n) is 17.7. The first kappa shape index (κ1) is 20.1. The van der Waals surface area contributed by atoms with E-state index in [1.54, 1.807) is 11.5 Å². The van der Waals surface area contributed by atoms with Gasteiger partial charge in [0.2, 0.25) is 5.91 Å². The van der Waals surface area contributed by atoms with Crippen LogP contribution >= 0.6 is 11.8 Å². The largest absolute Gasteiger partial charge is 0.334 e. The van der Waals surface area contributed by atoms with E-state index < -0.39 is 0 Å². The summed E-state index contributed by atoms with van der Waals surface area (Å²) in [6.07, 6.45) is 5.66. The quantitative estimate of drug-likeness (QED) is 0.632. The van der Waals surface area contributed by atoms with Crippen molar-refractivity contribution in [1.29, 1.82) is 0 Å². The molecule has 0 unspecified atom stereocenters. The van der Waals surface area contributed by atoms with Crippen LogP contribution in [0.25, 0.3) is 11.3 Å². The van der Waals surface area contributed by atoms with Crippen molar-refractivity contribution in [3.05, 3.63) is 57.9 Å². The molecule has 1 atom stereocenters. The van der Waals surface area contributed by atoms with Crippen molar-refractivity contribution in [1.82, 2.24) is 19.1 Å². The lowest BCUT2D eigenvalue weighted by molar-refractivity contribution is -0.116. The lowest BCUT2D eigenvalue weighted by Crippen LogP contribution is -2.29. The molecule has 4 heterocycles. The van der Waals surface area contributed by atoms with Crippen LogP contribution in [0.1, 0.15) is 42.4 Å². The Bertz CT molecular complexity index is 1210. The highest BCUT2D eigenvalue weighted by Crippen LogP contribution is 2.33. The van der Waals surface area contributed by atoms with Gasteiger partial charge >= 0.3 is 0 Å². The van der Waals surface area contributed by atoms with E-state index in [-0.39, 0.29) is 23.9 Å². The Kier molecular flexibility index (Phi) is 5.17. The summed E-state index contributed by atoms with van der Waals surface area (Å²) in [6, 6.07) is 7.58. The fourth-order valence-corrected chi connectivity index (χ4v) is 5.48. The molecule has 0 spiro atoms. The number of para-hydroxylation sites is 1. The van der Waals surface area contributed by atoms with Crippen LogP contribution in [0.3, 0.4) is 0 Å². The normalized spacial score (nSPS) is 17.3. The minimum atomic E-state index is -0.189. The molecule has 2 aliphatic rings. The minimum Gasteiger partial charge on any atom is -0.334 e. The van der Waals surface area contributed by atoms with Crippen molar-refractivity contribution in [3.63, 3.8) is 0 Å². The van der Waals surface area contributed by atoms with Crippen LogP contribution < -0.4 is 10.9 Å². The molecule has 5 rings (SSSR count). The SMILES string of the molecule is Cc1nc2n(c(=O)c1C)[C@H](CC(=O)Nc1ccccc1-c1cn3c(n1)CCCC3)CS2. The van der Waals surface area contributed by atoms with Gasteiger partial charge in [0, 0.05) is 48.2 Å². The van der Waals surface area contributed by atoms with E-state index in [1.165, 1.54) is 24.6 Å². The Morgan fingerprint density at radius 3 is 2.90 bits per heavy atom. The number of nitrogens with one attached hydrogen (secondary N) is 1. The molecule has 0 bridgehead atoms. The summed E-state index contributed by atoms with van der Waals surface area (Å²) < 4.78 is 3.90. The van der Waals surface area contributed by atoms with Crippen LogP contribution in [-0.4, -0.2) is 30.8 Å². The fraction of sp³-hybridized carbons (Fsp3) is 0.391. The van der Waals surface area contributed by atoms with Gasteiger partial charge in [0.25, 0.3) is 5.56 Å². The van der Waals surface area contributed by atoms with E-state index in [0.29, 0.717) is 16.5 Å². The average molecular weight is 436 g/mol. The molecule has 0 radical (unpaired) electrons. The summed E-state index contributed by atoms with van der Waals surface area (Å²) in [5.41, 5.74) is 3.91. The standard InChI is InChI=1S/C23H25N5O2S/c1-14-15(2)24-23-28(22(14)30)16(13-31-23)11-21(29)26-18-8-4-3-7-17(18)19-12-27-10-6-5-9-20(27)25-19/h3-4,7-8,12,16H,5-6,9-11,13H2,1-2H3,(H,26,29)/t16-/m1/s1. The molecule has 0 saturated heterocycles. The number of fused-ring (bicyclic) bond motifs is 2. The lowest BCUT2D eigenvalue weighted by Gasteiger charge is -2.15. The van der Waals surface area contributed by atoms with Crippen molar-refractivity contribution in [2.75, 3.05) is 11.1 Å². The predicted octanol–water partition coefficient (Wildman–Crippen LogP) is 3.74. The average Bonchev–Trinajstić information content (AvgIpc) is 3.36. The van der Waals surface area contributed by atoms with Gasteiger partial charge in [0.15, 0.2) is 5.16 Å². The number of rotatable bonds is 4. The molecule has 1 amide bonds. The van der Waals surface area contributed by atoms with Crippen molar-refractivity contribution < 1.29 is 4.79 Å². The Balaban J connectivity index is 1.37. The van der Waals surface area contributed by atoms with Gasteiger partial charge in [-0.05, 0) is 32.8 Å². The molecule has 0 aliphatic carbocycles. The van der Waals surface area contributed by atoms with Crippen LogP contribution in [0, 0.1) is 13.8 Å². The van der Waals surface area contributed by atoms with Crippen LogP contribution in [0.2, 0.25) is 0 Å². The number of nitrogens with zero attached hydrogens (tertiary/aromatic N) is 4. The molecule has 2 aliphatic heterocycles. The third kappa shape index (κ3) is 3.69. The smallest absolute Gasteiger partial charge is 0.257 e. The van der Waals surface area contributed by atoms with Gasteiger partial charge in [-0.15, -0.1) is 0 Å². The molecule has 1 aromatic carbocycles. The van der Waals surface area contributed by atoms with E-state index >= 15 is 0 Å². The maximum Gasteiger partial charge on any atom is 0.257 e. The van der Waals surface area contributed by atoms with Crippen LogP contribution in [0.15, 0.2) is 40.4 Å². The molecule has 160 valence electrons. The van der Waals surface area contributed by atoms with E-state index in [0.717, 1.165) is 41.4 Å². The van der Waals surface area contributed by atoms with Crippen molar-refractivity contribution >= 4 is 23.4 Å². The Labute approximate surface area is 184 Å². The van der Waals surface area contributed by atoms with Gasteiger partial charge in [0.05, 0.1) is 17.4 Å². The number of aryl methyl sites for hydroxylation is 3. The molecule has 3 aromatic rings. The fourth-order valence-electron chi connectivity index (χ4n) is 4.30. The first-order valence-corrected chi connectivity index (χ1v) is 11.7. The number of amides is 1. The monoisotopic (exact) mass is 435 g/mol. The van der Waals surface area contributed by atoms with Gasteiger partial charge in [0.1, 0.15) is 5.82 Å². The molecule has 8 heteroatoms. The summed E-state index contributed by atoms with van der Waals surface area (Å²) in [4.78, 5) is 35.0. The number of benzene rings is 1. The van der Waals surface area contributed by atoms with E-state index in [2.05, 4.69) is 21.1 Å². The zero-order valence-corrected chi connectivity index (χ0v) is 18.5. The lowest BCUT2D eigenvalue weighted by atomic mass is 10.1. The number of carbonyl (C=O) groups excluding carboxylic acids is 1. The summed E-state index contributed by atoms with van der Waals surface area (Å²) in [5, 5.41) is 3.76. The number of carbonyl (C=O) groups is 1. The number of thioether (sulfide) groups is 1.